The maximum Gasteiger partial charge on any atom is 0.169 e. The van der Waals surface area contributed by atoms with Crippen LogP contribution in [0, 0.1) is 0 Å². The van der Waals surface area contributed by atoms with Gasteiger partial charge in [0.05, 0.1) is 16.6 Å². The minimum atomic E-state index is 0.832. The van der Waals surface area contributed by atoms with E-state index in [0.717, 1.165) is 33.6 Å². The van der Waals surface area contributed by atoms with Gasteiger partial charge in [0.25, 0.3) is 0 Å². The van der Waals surface area contributed by atoms with Crippen molar-refractivity contribution >= 4 is 49.1 Å². The zero-order valence-corrected chi connectivity index (χ0v) is 26.0. The minimum absolute atomic E-state index is 0.832. The third kappa shape index (κ3) is 4.03. The van der Waals surface area contributed by atoms with Crippen LogP contribution in [0.2, 0.25) is 0 Å². The van der Waals surface area contributed by atoms with Crippen molar-refractivity contribution in [1.82, 2.24) is 19.2 Å². The molecule has 224 valence electrons. The number of pyridine rings is 1. The molecule has 0 fully saturated rings. The Labute approximate surface area is 276 Å². The zero-order chi connectivity index (χ0) is 31.6. The van der Waals surface area contributed by atoms with Crippen LogP contribution in [-0.4, -0.2) is 19.2 Å². The van der Waals surface area contributed by atoms with Gasteiger partial charge in [0.15, 0.2) is 11.5 Å². The molecule has 10 rings (SSSR count). The Morgan fingerprint density at radius 3 is 1.46 bits per heavy atom. The van der Waals surface area contributed by atoms with Crippen molar-refractivity contribution in [3.63, 3.8) is 0 Å². The van der Waals surface area contributed by atoms with Crippen LogP contribution in [0.25, 0.3) is 88.5 Å². The zero-order valence-electron chi connectivity index (χ0n) is 26.0. The third-order valence-corrected chi connectivity index (χ3v) is 9.63. The van der Waals surface area contributed by atoms with Gasteiger partial charge < -0.3 is 4.57 Å². The fourth-order valence-electron chi connectivity index (χ4n) is 7.36. The quantitative estimate of drug-likeness (QED) is 0.185. The fraction of sp³-hybridized carbons (Fsp3) is 0. The number of rotatable bonds is 4. The molecule has 0 atom stereocenters. The van der Waals surface area contributed by atoms with Crippen LogP contribution >= 0.6 is 0 Å². The second kappa shape index (κ2) is 10.5. The van der Waals surface area contributed by atoms with Crippen molar-refractivity contribution < 1.29 is 0 Å². The van der Waals surface area contributed by atoms with Crippen molar-refractivity contribution in [2.45, 2.75) is 0 Å². The maximum atomic E-state index is 4.75. The molecule has 7 aromatic carbocycles. The highest BCUT2D eigenvalue weighted by molar-refractivity contribution is 6.13. The van der Waals surface area contributed by atoms with Gasteiger partial charge in [-0.1, -0.05) is 127 Å². The predicted octanol–water partition coefficient (Wildman–Crippen LogP) is 11.1. The second-order valence-electron chi connectivity index (χ2n) is 12.3. The summed E-state index contributed by atoms with van der Waals surface area (Å²) in [4.78, 5) is 0. The number of para-hydroxylation sites is 1. The molecular formula is C44H28N4. The van der Waals surface area contributed by atoms with E-state index in [1.54, 1.807) is 0 Å². The van der Waals surface area contributed by atoms with E-state index < -0.39 is 0 Å². The third-order valence-electron chi connectivity index (χ3n) is 9.63. The molecule has 0 saturated carbocycles. The highest BCUT2D eigenvalue weighted by atomic mass is 15.2. The normalized spacial score (nSPS) is 11.8. The van der Waals surface area contributed by atoms with E-state index >= 15 is 0 Å². The molecule has 0 N–H and O–H groups in total. The number of hydrogen-bond donors (Lipinski definition) is 0. The van der Waals surface area contributed by atoms with Crippen molar-refractivity contribution in [2.24, 2.45) is 0 Å². The SMILES string of the molecule is c1ccc(-c2ccc3c4ccc(-c5ccccc5)cc4n(-c4ccc(-c5nnc6c7ccccc7c7ccccc7n56)cc4)c3c2)cc1. The summed E-state index contributed by atoms with van der Waals surface area (Å²) < 4.78 is 4.60. The van der Waals surface area contributed by atoms with E-state index in [1.165, 1.54) is 54.8 Å². The van der Waals surface area contributed by atoms with Crippen molar-refractivity contribution in [1.29, 1.82) is 0 Å². The average molecular weight is 613 g/mol. The molecule has 0 spiro atoms. The van der Waals surface area contributed by atoms with Gasteiger partial charge in [0.1, 0.15) is 0 Å². The summed E-state index contributed by atoms with van der Waals surface area (Å²) >= 11 is 0. The topological polar surface area (TPSA) is 35.1 Å². The largest absolute Gasteiger partial charge is 0.309 e. The van der Waals surface area contributed by atoms with Crippen LogP contribution in [0.1, 0.15) is 0 Å². The molecule has 0 bridgehead atoms. The van der Waals surface area contributed by atoms with E-state index in [9.17, 15) is 0 Å². The Morgan fingerprint density at radius 1 is 0.333 bits per heavy atom. The molecule has 0 amide bonds. The first-order chi connectivity index (χ1) is 23.8. The fourth-order valence-corrected chi connectivity index (χ4v) is 7.36. The standard InChI is InChI=1S/C44H28N4/c1-3-11-29(12-4-1)32-21-25-37-38-26-22-33(30-13-5-2-6-14-30)28-42(38)47(41(37)27-32)34-23-19-31(20-24-34)43-45-46-44-39-17-8-7-15-35(39)36-16-9-10-18-40(36)48(43)44/h1-28H. The lowest BCUT2D eigenvalue weighted by atomic mass is 10.0. The molecule has 3 aromatic heterocycles. The van der Waals surface area contributed by atoms with E-state index in [0.29, 0.717) is 0 Å². The van der Waals surface area contributed by atoms with Crippen molar-refractivity contribution in [3.8, 4) is 39.3 Å². The van der Waals surface area contributed by atoms with E-state index in [2.05, 4.69) is 179 Å². The van der Waals surface area contributed by atoms with Gasteiger partial charge in [-0.2, -0.15) is 0 Å². The highest BCUT2D eigenvalue weighted by Crippen LogP contribution is 2.38. The molecule has 48 heavy (non-hydrogen) atoms. The number of aromatic nitrogens is 4. The van der Waals surface area contributed by atoms with Gasteiger partial charge in [-0.05, 0) is 70.1 Å². The van der Waals surface area contributed by atoms with Crippen LogP contribution in [0.15, 0.2) is 170 Å². The lowest BCUT2D eigenvalue weighted by Crippen LogP contribution is -1.96. The maximum absolute atomic E-state index is 4.75. The number of benzene rings is 7. The Bertz CT molecular complexity index is 2710. The monoisotopic (exact) mass is 612 g/mol. The molecule has 10 aromatic rings. The van der Waals surface area contributed by atoms with Crippen molar-refractivity contribution in [2.75, 3.05) is 0 Å². The van der Waals surface area contributed by atoms with Crippen LogP contribution in [0.4, 0.5) is 0 Å². The second-order valence-corrected chi connectivity index (χ2v) is 12.3. The van der Waals surface area contributed by atoms with E-state index in [4.69, 9.17) is 10.2 Å². The summed E-state index contributed by atoms with van der Waals surface area (Å²) in [7, 11) is 0. The molecule has 0 aliphatic carbocycles. The Kier molecular flexibility index (Phi) is 5.84. The Hall–Kier alpha value is -6.52. The summed E-state index contributed by atoms with van der Waals surface area (Å²) in [5, 5.41) is 15.4. The molecule has 3 heterocycles. The molecule has 0 aliphatic heterocycles. The van der Waals surface area contributed by atoms with Crippen LogP contribution in [-0.2, 0) is 0 Å². The van der Waals surface area contributed by atoms with E-state index in [-0.39, 0.29) is 0 Å². The first kappa shape index (κ1) is 26.7. The van der Waals surface area contributed by atoms with Gasteiger partial charge in [-0.25, -0.2) is 0 Å². The molecule has 0 radical (unpaired) electrons. The molecule has 4 nitrogen and oxygen atoms in total. The van der Waals surface area contributed by atoms with Gasteiger partial charge in [0, 0.05) is 32.8 Å². The summed E-state index contributed by atoms with van der Waals surface area (Å²) in [6.07, 6.45) is 0. The number of hydrogen-bond acceptors (Lipinski definition) is 2. The lowest BCUT2D eigenvalue weighted by molar-refractivity contribution is 1.11. The number of nitrogens with zero attached hydrogens (tertiary/aromatic N) is 4. The molecule has 0 unspecified atom stereocenters. The average Bonchev–Trinajstić information content (AvgIpc) is 3.75. The smallest absolute Gasteiger partial charge is 0.169 e. The molecule has 0 saturated heterocycles. The Balaban J connectivity index is 1.19. The van der Waals surface area contributed by atoms with Crippen LogP contribution < -0.4 is 0 Å². The van der Waals surface area contributed by atoms with Crippen LogP contribution in [0.3, 0.4) is 0 Å². The first-order valence-electron chi connectivity index (χ1n) is 16.3. The van der Waals surface area contributed by atoms with E-state index in [1.807, 2.05) is 0 Å². The predicted molar refractivity (Wildman–Crippen MR) is 199 cm³/mol. The first-order valence-corrected chi connectivity index (χ1v) is 16.3. The van der Waals surface area contributed by atoms with Crippen molar-refractivity contribution in [3.05, 3.63) is 170 Å². The van der Waals surface area contributed by atoms with Gasteiger partial charge in [-0.15, -0.1) is 10.2 Å². The molecular weight excluding hydrogens is 585 g/mol. The van der Waals surface area contributed by atoms with Crippen LogP contribution in [0.5, 0.6) is 0 Å². The van der Waals surface area contributed by atoms with Gasteiger partial charge >= 0.3 is 0 Å². The molecule has 0 aliphatic rings. The highest BCUT2D eigenvalue weighted by Gasteiger charge is 2.18. The van der Waals surface area contributed by atoms with Gasteiger partial charge in [0.2, 0.25) is 0 Å². The van der Waals surface area contributed by atoms with Gasteiger partial charge in [-0.3, -0.25) is 4.40 Å². The summed E-state index contributed by atoms with van der Waals surface area (Å²) in [5.74, 6) is 0.832. The summed E-state index contributed by atoms with van der Waals surface area (Å²) in [6, 6.07) is 60.6. The Morgan fingerprint density at radius 2 is 0.833 bits per heavy atom. The number of fused-ring (bicyclic) bond motifs is 9. The summed E-state index contributed by atoms with van der Waals surface area (Å²) in [5.41, 5.74) is 11.2. The molecule has 4 heteroatoms. The summed E-state index contributed by atoms with van der Waals surface area (Å²) in [6.45, 7) is 0. The lowest BCUT2D eigenvalue weighted by Gasteiger charge is -2.12. The minimum Gasteiger partial charge on any atom is -0.309 e.